The number of rotatable bonds is 0. The summed E-state index contributed by atoms with van der Waals surface area (Å²) in [5.74, 6) is 1.29. The molecule has 9 heavy (non-hydrogen) atoms. The first-order chi connectivity index (χ1) is 4.29. The largest absolute Gasteiger partial charge is 0.299 e. The number of carbonyl (C=O) groups is 1. The van der Waals surface area contributed by atoms with E-state index in [1.807, 2.05) is 0 Å². The normalized spacial score (nSPS) is 46.8. The zero-order valence-electron chi connectivity index (χ0n) is 4.88. The van der Waals surface area contributed by atoms with Crippen LogP contribution in [0.25, 0.3) is 0 Å². The third-order valence-electron chi connectivity index (χ3n) is 2.16. The number of halogens is 1. The number of alkyl halides is 1. The SMILES string of the molecule is O=C1C[C@@H]2C=C[C@@H](Br)[C@H]12. The van der Waals surface area contributed by atoms with Crippen LogP contribution in [0, 0.1) is 11.8 Å². The van der Waals surface area contributed by atoms with Crippen LogP contribution in [-0.2, 0) is 4.79 Å². The topological polar surface area (TPSA) is 17.1 Å². The molecule has 0 aliphatic heterocycles. The summed E-state index contributed by atoms with van der Waals surface area (Å²) in [6, 6.07) is 0. The molecule has 2 rings (SSSR count). The molecule has 3 atom stereocenters. The molecule has 0 aromatic heterocycles. The quantitative estimate of drug-likeness (QED) is 0.415. The Morgan fingerprint density at radius 3 is 2.78 bits per heavy atom. The van der Waals surface area contributed by atoms with E-state index in [9.17, 15) is 4.79 Å². The summed E-state index contributed by atoms with van der Waals surface area (Å²) in [6.45, 7) is 0. The van der Waals surface area contributed by atoms with Crippen molar-refractivity contribution >= 4 is 21.7 Å². The minimum Gasteiger partial charge on any atom is -0.299 e. The lowest BCUT2D eigenvalue weighted by atomic mass is 9.75. The van der Waals surface area contributed by atoms with Gasteiger partial charge in [-0.2, -0.15) is 0 Å². The Kier molecular flexibility index (Phi) is 1.06. The van der Waals surface area contributed by atoms with Gasteiger partial charge in [-0.05, 0) is 5.92 Å². The second-order valence-corrected chi connectivity index (χ2v) is 3.75. The zero-order valence-corrected chi connectivity index (χ0v) is 6.47. The van der Waals surface area contributed by atoms with Gasteiger partial charge in [0.2, 0.25) is 0 Å². The maximum atomic E-state index is 10.9. The van der Waals surface area contributed by atoms with Crippen LogP contribution in [0.1, 0.15) is 6.42 Å². The number of Topliss-reactive ketones (excluding diaryl/α,β-unsaturated/α-hetero) is 1. The Hall–Kier alpha value is -0.110. The summed E-state index contributed by atoms with van der Waals surface area (Å²) >= 11 is 3.43. The van der Waals surface area contributed by atoms with E-state index >= 15 is 0 Å². The highest BCUT2D eigenvalue weighted by atomic mass is 79.9. The number of fused-ring (bicyclic) bond motifs is 1. The molecule has 48 valence electrons. The molecule has 0 heterocycles. The highest BCUT2D eigenvalue weighted by Crippen LogP contribution is 2.42. The lowest BCUT2D eigenvalue weighted by molar-refractivity contribution is -0.131. The van der Waals surface area contributed by atoms with Gasteiger partial charge in [-0.15, -0.1) is 0 Å². The van der Waals surface area contributed by atoms with E-state index in [4.69, 9.17) is 0 Å². The van der Waals surface area contributed by atoms with Gasteiger partial charge >= 0.3 is 0 Å². The van der Waals surface area contributed by atoms with Gasteiger partial charge in [-0.3, -0.25) is 4.79 Å². The molecule has 0 spiro atoms. The molecular weight excluding hydrogens is 180 g/mol. The summed E-state index contributed by atoms with van der Waals surface area (Å²) in [5.41, 5.74) is 0. The third-order valence-corrected chi connectivity index (χ3v) is 3.03. The van der Waals surface area contributed by atoms with Gasteiger partial charge in [0.25, 0.3) is 0 Å². The molecule has 0 saturated heterocycles. The Bertz CT molecular complexity index is 177. The van der Waals surface area contributed by atoms with Crippen LogP contribution in [0.2, 0.25) is 0 Å². The van der Waals surface area contributed by atoms with E-state index in [0.29, 0.717) is 22.4 Å². The molecule has 2 heteroatoms. The van der Waals surface area contributed by atoms with Gasteiger partial charge in [-0.25, -0.2) is 0 Å². The van der Waals surface area contributed by atoms with Crippen molar-refractivity contribution in [3.8, 4) is 0 Å². The Labute approximate surface area is 62.3 Å². The van der Waals surface area contributed by atoms with E-state index < -0.39 is 0 Å². The van der Waals surface area contributed by atoms with Crippen molar-refractivity contribution in [3.63, 3.8) is 0 Å². The Balaban J connectivity index is 2.21. The second kappa shape index (κ2) is 1.69. The second-order valence-electron chi connectivity index (χ2n) is 2.69. The van der Waals surface area contributed by atoms with Crippen molar-refractivity contribution in [2.45, 2.75) is 11.2 Å². The predicted octanol–water partition coefficient (Wildman–Crippen LogP) is 1.52. The van der Waals surface area contributed by atoms with E-state index in [1.54, 1.807) is 0 Å². The fourth-order valence-corrected chi connectivity index (χ4v) is 2.41. The monoisotopic (exact) mass is 186 g/mol. The van der Waals surface area contributed by atoms with Crippen LogP contribution in [-0.4, -0.2) is 10.6 Å². The molecule has 1 saturated carbocycles. The van der Waals surface area contributed by atoms with E-state index in [0.717, 1.165) is 6.42 Å². The van der Waals surface area contributed by atoms with Gasteiger partial charge in [0, 0.05) is 17.2 Å². The molecule has 0 bridgehead atoms. The maximum Gasteiger partial charge on any atom is 0.138 e. The molecule has 1 fully saturated rings. The average molecular weight is 187 g/mol. The first-order valence-corrected chi connectivity index (χ1v) is 4.06. The summed E-state index contributed by atoms with van der Waals surface area (Å²) in [5, 5.41) is 0. The minimum atomic E-state index is 0.296. The molecule has 0 radical (unpaired) electrons. The number of hydrogen-bond acceptors (Lipinski definition) is 1. The molecule has 0 N–H and O–H groups in total. The fourth-order valence-electron chi connectivity index (χ4n) is 1.54. The first-order valence-electron chi connectivity index (χ1n) is 3.14. The van der Waals surface area contributed by atoms with Crippen molar-refractivity contribution in [2.75, 3.05) is 0 Å². The summed E-state index contributed by atoms with van der Waals surface area (Å²) in [7, 11) is 0. The first kappa shape index (κ1) is 5.66. The standard InChI is InChI=1S/C7H7BrO/c8-5-2-1-4-3-6(9)7(4)5/h1-2,4-5,7H,3H2/t4-,5+,7+/m0/s1. The maximum absolute atomic E-state index is 10.9. The highest BCUT2D eigenvalue weighted by Gasteiger charge is 2.44. The minimum absolute atomic E-state index is 0.296. The molecular formula is C7H7BrO. The van der Waals surface area contributed by atoms with Crippen LogP contribution < -0.4 is 0 Å². The van der Waals surface area contributed by atoms with Crippen LogP contribution >= 0.6 is 15.9 Å². The molecule has 0 unspecified atom stereocenters. The number of ketones is 1. The van der Waals surface area contributed by atoms with Crippen LogP contribution in [0.5, 0.6) is 0 Å². The smallest absolute Gasteiger partial charge is 0.138 e. The predicted molar refractivity (Wildman–Crippen MR) is 38.5 cm³/mol. The Morgan fingerprint density at radius 1 is 1.56 bits per heavy atom. The van der Waals surface area contributed by atoms with Crippen molar-refractivity contribution in [1.29, 1.82) is 0 Å². The zero-order chi connectivity index (χ0) is 6.43. The van der Waals surface area contributed by atoms with E-state index in [-0.39, 0.29) is 0 Å². The molecule has 2 aliphatic rings. The highest BCUT2D eigenvalue weighted by molar-refractivity contribution is 9.09. The molecule has 0 amide bonds. The summed E-state index contributed by atoms with van der Waals surface area (Å²) in [6.07, 6.45) is 5.01. The van der Waals surface area contributed by atoms with E-state index in [1.165, 1.54) is 0 Å². The van der Waals surface area contributed by atoms with Crippen molar-refractivity contribution in [1.82, 2.24) is 0 Å². The van der Waals surface area contributed by atoms with Crippen molar-refractivity contribution in [3.05, 3.63) is 12.2 Å². The van der Waals surface area contributed by atoms with Crippen LogP contribution in [0.4, 0.5) is 0 Å². The average Bonchev–Trinajstić information content (AvgIpc) is 2.04. The number of carbonyl (C=O) groups excluding carboxylic acids is 1. The van der Waals surface area contributed by atoms with Crippen LogP contribution in [0.15, 0.2) is 12.2 Å². The lowest BCUT2D eigenvalue weighted by Gasteiger charge is -2.29. The summed E-state index contributed by atoms with van der Waals surface area (Å²) < 4.78 is 0. The molecule has 2 aliphatic carbocycles. The Morgan fingerprint density at radius 2 is 2.33 bits per heavy atom. The third kappa shape index (κ3) is 0.627. The van der Waals surface area contributed by atoms with Crippen molar-refractivity contribution in [2.24, 2.45) is 11.8 Å². The lowest BCUT2D eigenvalue weighted by Crippen LogP contribution is -2.37. The fraction of sp³-hybridized carbons (Fsp3) is 0.571. The van der Waals surface area contributed by atoms with Gasteiger partial charge in [0.15, 0.2) is 0 Å². The number of hydrogen-bond donors (Lipinski definition) is 0. The van der Waals surface area contributed by atoms with Gasteiger partial charge in [0.05, 0.1) is 0 Å². The van der Waals surface area contributed by atoms with Gasteiger partial charge in [0.1, 0.15) is 5.78 Å². The molecule has 1 nitrogen and oxygen atoms in total. The molecule has 0 aromatic carbocycles. The van der Waals surface area contributed by atoms with E-state index in [2.05, 4.69) is 28.1 Å². The summed E-state index contributed by atoms with van der Waals surface area (Å²) in [4.78, 5) is 11.2. The molecule has 0 aromatic rings. The van der Waals surface area contributed by atoms with Crippen molar-refractivity contribution < 1.29 is 4.79 Å². The number of allylic oxidation sites excluding steroid dienone is 2. The van der Waals surface area contributed by atoms with Crippen LogP contribution in [0.3, 0.4) is 0 Å². The van der Waals surface area contributed by atoms with Gasteiger partial charge < -0.3 is 0 Å². The van der Waals surface area contributed by atoms with Gasteiger partial charge in [-0.1, -0.05) is 28.1 Å².